The standard InChI is InChI=1S/C26H36F2N6O/c1-16(30-18-8-5-4-6-9-18)31-24-22(15-29)32-25(33-23-20(27)10-7-11-21(23)28)34(24)19-13-12-17(14-19)26(2,3)35/h7,10-11,15,17-19,29-31,35H,1,4-6,8-9,12-14H2,2-3H3,(H,32,33)/t17-,19?/m0/s1. The fraction of sp³-hybridized carbons (Fsp3) is 0.538. The monoisotopic (exact) mass is 486 g/mol. The average molecular weight is 487 g/mol. The smallest absolute Gasteiger partial charge is 0.210 e. The van der Waals surface area contributed by atoms with Gasteiger partial charge >= 0.3 is 0 Å². The van der Waals surface area contributed by atoms with Crippen LogP contribution in [0.15, 0.2) is 30.6 Å². The molecular formula is C26H36F2N6O. The number of aromatic nitrogens is 2. The van der Waals surface area contributed by atoms with Crippen LogP contribution in [-0.4, -0.2) is 32.5 Å². The van der Waals surface area contributed by atoms with Crippen LogP contribution in [0.25, 0.3) is 0 Å². The number of anilines is 3. The second kappa shape index (κ2) is 10.4. The molecule has 0 saturated heterocycles. The Balaban J connectivity index is 1.68. The molecule has 0 radical (unpaired) electrons. The third-order valence-electron chi connectivity index (χ3n) is 7.30. The summed E-state index contributed by atoms with van der Waals surface area (Å²) in [6.07, 6.45) is 9.11. The summed E-state index contributed by atoms with van der Waals surface area (Å²) in [5, 5.41) is 28.1. The lowest BCUT2D eigenvalue weighted by Gasteiger charge is -2.27. The molecule has 1 unspecified atom stereocenters. The molecule has 2 saturated carbocycles. The number of para-hydroxylation sites is 1. The van der Waals surface area contributed by atoms with Gasteiger partial charge in [-0.1, -0.05) is 31.9 Å². The summed E-state index contributed by atoms with van der Waals surface area (Å²) in [6, 6.07) is 3.93. The Morgan fingerprint density at radius 3 is 2.46 bits per heavy atom. The molecule has 1 heterocycles. The lowest BCUT2D eigenvalue weighted by molar-refractivity contribution is 0.0186. The largest absolute Gasteiger partial charge is 0.390 e. The maximum atomic E-state index is 14.5. The minimum absolute atomic E-state index is 0.0628. The molecule has 0 aliphatic heterocycles. The van der Waals surface area contributed by atoms with Crippen molar-refractivity contribution in [1.29, 1.82) is 5.41 Å². The highest BCUT2D eigenvalue weighted by Gasteiger charge is 2.37. The van der Waals surface area contributed by atoms with Gasteiger partial charge in [0.15, 0.2) is 0 Å². The van der Waals surface area contributed by atoms with E-state index in [9.17, 15) is 13.9 Å². The quantitative estimate of drug-likeness (QED) is 0.288. The molecule has 2 atom stereocenters. The van der Waals surface area contributed by atoms with Gasteiger partial charge in [-0.25, -0.2) is 13.8 Å². The van der Waals surface area contributed by atoms with Gasteiger partial charge in [0.1, 0.15) is 28.8 Å². The third kappa shape index (κ3) is 5.66. The molecule has 0 amide bonds. The predicted octanol–water partition coefficient (Wildman–Crippen LogP) is 5.82. The molecule has 5 N–H and O–H groups in total. The molecule has 1 aromatic heterocycles. The van der Waals surface area contributed by atoms with Gasteiger partial charge in [0, 0.05) is 18.3 Å². The van der Waals surface area contributed by atoms with E-state index >= 15 is 0 Å². The van der Waals surface area contributed by atoms with Gasteiger partial charge in [0.05, 0.1) is 11.4 Å². The topological polar surface area (TPSA) is 98.0 Å². The van der Waals surface area contributed by atoms with Crippen LogP contribution in [0.5, 0.6) is 0 Å². The Morgan fingerprint density at radius 1 is 1.17 bits per heavy atom. The van der Waals surface area contributed by atoms with Crippen LogP contribution in [0.3, 0.4) is 0 Å². The molecule has 190 valence electrons. The van der Waals surface area contributed by atoms with Gasteiger partial charge in [0.25, 0.3) is 0 Å². The van der Waals surface area contributed by atoms with E-state index in [-0.39, 0.29) is 23.6 Å². The van der Waals surface area contributed by atoms with Crippen molar-refractivity contribution in [2.24, 2.45) is 5.92 Å². The summed E-state index contributed by atoms with van der Waals surface area (Å²) in [7, 11) is 0. The maximum Gasteiger partial charge on any atom is 0.210 e. The molecule has 2 aliphatic rings. The number of rotatable bonds is 9. The first-order valence-corrected chi connectivity index (χ1v) is 12.5. The number of imidazole rings is 1. The zero-order valence-electron chi connectivity index (χ0n) is 20.5. The highest BCUT2D eigenvalue weighted by molar-refractivity contribution is 5.84. The first-order valence-electron chi connectivity index (χ1n) is 12.5. The molecule has 4 rings (SSSR count). The average Bonchev–Trinajstić information content (AvgIpc) is 3.42. The van der Waals surface area contributed by atoms with Crippen molar-refractivity contribution in [3.05, 3.63) is 47.9 Å². The Kier molecular flexibility index (Phi) is 7.44. The summed E-state index contributed by atoms with van der Waals surface area (Å²) >= 11 is 0. The minimum atomic E-state index is -0.843. The van der Waals surface area contributed by atoms with Crippen LogP contribution in [-0.2, 0) is 0 Å². The van der Waals surface area contributed by atoms with Gasteiger partial charge < -0.3 is 26.5 Å². The third-order valence-corrected chi connectivity index (χ3v) is 7.30. The highest BCUT2D eigenvalue weighted by atomic mass is 19.1. The van der Waals surface area contributed by atoms with Crippen LogP contribution >= 0.6 is 0 Å². The molecule has 2 fully saturated rings. The van der Waals surface area contributed by atoms with Crippen molar-refractivity contribution < 1.29 is 13.9 Å². The molecular weight excluding hydrogens is 450 g/mol. The Morgan fingerprint density at radius 2 is 1.86 bits per heavy atom. The second-order valence-corrected chi connectivity index (χ2v) is 10.3. The minimum Gasteiger partial charge on any atom is -0.390 e. The van der Waals surface area contributed by atoms with E-state index in [2.05, 4.69) is 27.5 Å². The number of halogens is 2. The summed E-state index contributed by atoms with van der Waals surface area (Å²) in [5.41, 5.74) is -0.800. The molecule has 0 bridgehead atoms. The number of hydrogen-bond donors (Lipinski definition) is 5. The van der Waals surface area contributed by atoms with E-state index in [4.69, 9.17) is 5.41 Å². The molecule has 2 aromatic rings. The van der Waals surface area contributed by atoms with E-state index in [1.54, 1.807) is 13.8 Å². The van der Waals surface area contributed by atoms with E-state index < -0.39 is 17.2 Å². The van der Waals surface area contributed by atoms with Crippen molar-refractivity contribution in [2.75, 3.05) is 10.6 Å². The van der Waals surface area contributed by atoms with Crippen molar-refractivity contribution in [1.82, 2.24) is 14.9 Å². The molecule has 1 aromatic carbocycles. The lowest BCUT2D eigenvalue weighted by atomic mass is 9.89. The molecule has 0 spiro atoms. The number of nitrogens with zero attached hydrogens (tertiary/aromatic N) is 2. The molecule has 7 nitrogen and oxygen atoms in total. The normalized spacial score (nSPS) is 21.1. The van der Waals surface area contributed by atoms with Gasteiger partial charge in [-0.15, -0.1) is 0 Å². The van der Waals surface area contributed by atoms with E-state index in [0.29, 0.717) is 29.8 Å². The van der Waals surface area contributed by atoms with Crippen LogP contribution in [0, 0.1) is 23.0 Å². The SMILES string of the molecule is C=C(Nc1c(C=N)nc(Nc2c(F)cccc2F)n1C1CC[C@H](C(C)(C)O)C1)NC1CCCCC1. The number of nitrogens with one attached hydrogen (secondary N) is 4. The van der Waals surface area contributed by atoms with E-state index in [1.165, 1.54) is 37.5 Å². The second-order valence-electron chi connectivity index (χ2n) is 10.3. The molecule has 2 aliphatic carbocycles. The number of hydrogen-bond acceptors (Lipinski definition) is 6. The van der Waals surface area contributed by atoms with Gasteiger partial charge in [-0.3, -0.25) is 4.57 Å². The zero-order chi connectivity index (χ0) is 25.2. The van der Waals surface area contributed by atoms with Gasteiger partial charge in [-0.2, -0.15) is 0 Å². The first kappa shape index (κ1) is 25.2. The Hall–Kier alpha value is -2.94. The summed E-state index contributed by atoms with van der Waals surface area (Å²) in [5.74, 6) is -0.0188. The maximum absolute atomic E-state index is 14.5. The zero-order valence-corrected chi connectivity index (χ0v) is 20.5. The van der Waals surface area contributed by atoms with Gasteiger partial charge in [0.2, 0.25) is 5.95 Å². The summed E-state index contributed by atoms with van der Waals surface area (Å²) in [6.45, 7) is 7.76. The van der Waals surface area contributed by atoms with Gasteiger partial charge in [-0.05, 0) is 64.0 Å². The van der Waals surface area contributed by atoms with Crippen LogP contribution in [0.2, 0.25) is 0 Å². The van der Waals surface area contributed by atoms with Crippen LogP contribution in [0.1, 0.15) is 76.9 Å². The van der Waals surface area contributed by atoms with Crippen molar-refractivity contribution in [3.63, 3.8) is 0 Å². The molecule has 9 heteroatoms. The fourth-order valence-electron chi connectivity index (χ4n) is 5.35. The summed E-state index contributed by atoms with van der Waals surface area (Å²) < 4.78 is 30.8. The van der Waals surface area contributed by atoms with E-state index in [0.717, 1.165) is 31.9 Å². The van der Waals surface area contributed by atoms with Crippen molar-refractivity contribution in [3.8, 4) is 0 Å². The van der Waals surface area contributed by atoms with Crippen molar-refractivity contribution in [2.45, 2.75) is 82.9 Å². The van der Waals surface area contributed by atoms with Crippen LogP contribution in [0.4, 0.5) is 26.2 Å². The Labute approximate surface area is 205 Å². The number of aliphatic hydroxyl groups is 1. The fourth-order valence-corrected chi connectivity index (χ4v) is 5.35. The number of benzene rings is 1. The van der Waals surface area contributed by atoms with Crippen molar-refractivity contribution >= 4 is 23.7 Å². The lowest BCUT2D eigenvalue weighted by Crippen LogP contribution is -2.33. The first-order chi connectivity index (χ1) is 16.7. The Bertz CT molecular complexity index is 1050. The summed E-state index contributed by atoms with van der Waals surface area (Å²) in [4.78, 5) is 4.52. The van der Waals surface area contributed by atoms with E-state index in [1.807, 2.05) is 4.57 Å². The van der Waals surface area contributed by atoms with Crippen LogP contribution < -0.4 is 16.0 Å². The highest BCUT2D eigenvalue weighted by Crippen LogP contribution is 2.44. The molecule has 35 heavy (non-hydrogen) atoms. The predicted molar refractivity (Wildman–Crippen MR) is 135 cm³/mol.